The predicted molar refractivity (Wildman–Crippen MR) is 215 cm³/mol. The van der Waals surface area contributed by atoms with Gasteiger partial charge in [0.2, 0.25) is 0 Å². The van der Waals surface area contributed by atoms with E-state index in [2.05, 4.69) is 18.2 Å². The molecule has 3 aromatic carbocycles. The van der Waals surface area contributed by atoms with Crippen molar-refractivity contribution in [1.82, 2.24) is 0 Å². The minimum absolute atomic E-state index is 0.00616. The van der Waals surface area contributed by atoms with Crippen LogP contribution in [0.25, 0.3) is 21.5 Å². The van der Waals surface area contributed by atoms with Gasteiger partial charge in [0.1, 0.15) is 18.5 Å². The summed E-state index contributed by atoms with van der Waals surface area (Å²) in [6, 6.07) is 17.7. The molecule has 0 aliphatic heterocycles. The smallest absolute Gasteiger partial charge is 0.394 e. The van der Waals surface area contributed by atoms with E-state index in [0.29, 0.717) is 23.0 Å². The number of alkyl halides is 3. The van der Waals surface area contributed by atoms with Crippen molar-refractivity contribution in [3.8, 4) is 5.75 Å². The molecule has 11 atom stereocenters. The van der Waals surface area contributed by atoms with Crippen LogP contribution in [-0.2, 0) is 23.9 Å². The van der Waals surface area contributed by atoms with Crippen LogP contribution < -0.4 is 4.74 Å². The maximum Gasteiger partial charge on any atom is 0.394 e. The molecule has 6 aliphatic carbocycles. The molecule has 0 radical (unpaired) electrons. The quantitative estimate of drug-likeness (QED) is 0.109. The van der Waals surface area contributed by atoms with E-state index in [4.69, 9.17) is 14.2 Å². The average molecular weight is 801 g/mol. The summed E-state index contributed by atoms with van der Waals surface area (Å²) in [5, 5.41) is 4.11. The Hall–Kier alpha value is -3.62. The molecule has 9 heteroatoms. The van der Waals surface area contributed by atoms with Crippen LogP contribution in [0.3, 0.4) is 0 Å². The van der Waals surface area contributed by atoms with Gasteiger partial charge >= 0.3 is 24.1 Å². The molecule has 0 aromatic heterocycles. The van der Waals surface area contributed by atoms with Crippen molar-refractivity contribution in [2.75, 3.05) is 6.61 Å². The van der Waals surface area contributed by atoms with Gasteiger partial charge in [-0.1, -0.05) is 37.3 Å². The van der Waals surface area contributed by atoms with E-state index >= 15 is 0 Å². The third-order valence-corrected chi connectivity index (χ3v) is 16.7. The van der Waals surface area contributed by atoms with Crippen LogP contribution in [0.1, 0.15) is 112 Å². The fourth-order valence-electron chi connectivity index (χ4n) is 14.5. The molecule has 58 heavy (non-hydrogen) atoms. The Balaban J connectivity index is 0.954. The van der Waals surface area contributed by atoms with Gasteiger partial charge in [0, 0.05) is 0 Å². The maximum atomic E-state index is 14.9. The number of fused-ring (bicyclic) bond motifs is 6. The molecule has 6 fully saturated rings. The van der Waals surface area contributed by atoms with Crippen molar-refractivity contribution in [2.45, 2.75) is 124 Å². The highest BCUT2D eigenvalue weighted by Crippen LogP contribution is 2.80. The first-order chi connectivity index (χ1) is 27.2. The molecule has 9 rings (SSSR count). The summed E-state index contributed by atoms with van der Waals surface area (Å²) in [6.07, 6.45) is 6.36. The minimum Gasteiger partial charge on any atom is -0.465 e. The first kappa shape index (κ1) is 39.8. The number of hydrogen-bond acceptors (Lipinski definition) is 6. The van der Waals surface area contributed by atoms with Crippen LogP contribution in [0.2, 0.25) is 0 Å². The van der Waals surface area contributed by atoms with Gasteiger partial charge in [-0.15, -0.1) is 0 Å². The van der Waals surface area contributed by atoms with Gasteiger partial charge in [-0.2, -0.15) is 13.2 Å². The van der Waals surface area contributed by atoms with E-state index in [9.17, 15) is 27.6 Å². The predicted octanol–water partition coefficient (Wildman–Crippen LogP) is 11.7. The third-order valence-electron chi connectivity index (χ3n) is 16.7. The molecule has 6 nitrogen and oxygen atoms in total. The van der Waals surface area contributed by atoms with Crippen LogP contribution in [0.5, 0.6) is 5.75 Å². The van der Waals surface area contributed by atoms with E-state index in [1.54, 1.807) is 40.7 Å². The number of carbonyl (C=O) groups excluding carboxylic acids is 3. The van der Waals surface area contributed by atoms with Gasteiger partial charge in [-0.3, -0.25) is 14.4 Å². The highest BCUT2D eigenvalue weighted by molar-refractivity contribution is 5.99. The third kappa shape index (κ3) is 6.45. The van der Waals surface area contributed by atoms with Crippen LogP contribution in [0.15, 0.2) is 54.6 Å². The van der Waals surface area contributed by atoms with Gasteiger partial charge in [0.15, 0.2) is 0 Å². The Morgan fingerprint density at radius 1 is 0.690 bits per heavy atom. The summed E-state index contributed by atoms with van der Waals surface area (Å²) in [5.74, 6) is 0.895. The summed E-state index contributed by atoms with van der Waals surface area (Å²) in [6.45, 7) is 8.55. The Kier molecular flexibility index (Phi) is 9.23. The first-order valence-corrected chi connectivity index (χ1v) is 21.8. The second kappa shape index (κ2) is 13.4. The van der Waals surface area contributed by atoms with Gasteiger partial charge in [0.25, 0.3) is 0 Å². The lowest BCUT2D eigenvalue weighted by atomic mass is 9.46. The Bertz CT molecular complexity index is 2160. The van der Waals surface area contributed by atoms with E-state index in [0.717, 1.165) is 65.0 Å². The highest BCUT2D eigenvalue weighted by atomic mass is 19.4. The lowest BCUT2D eigenvalue weighted by Gasteiger charge is -2.59. The molecule has 2 spiro atoms. The summed E-state index contributed by atoms with van der Waals surface area (Å²) in [7, 11) is 0. The average Bonchev–Trinajstić information content (AvgIpc) is 3.91. The van der Waals surface area contributed by atoms with Gasteiger partial charge in [0.05, 0.1) is 22.2 Å². The Morgan fingerprint density at radius 2 is 1.29 bits per heavy atom. The largest absolute Gasteiger partial charge is 0.465 e. The molecule has 0 amide bonds. The lowest BCUT2D eigenvalue weighted by molar-refractivity contribution is -0.191. The normalized spacial score (nSPS) is 33.8. The molecular formula is C49H59F3O6. The zero-order chi connectivity index (χ0) is 41.2. The minimum atomic E-state index is -4.51. The number of hydrogen-bond donors (Lipinski definition) is 0. The van der Waals surface area contributed by atoms with Crippen LogP contribution >= 0.6 is 0 Å². The second-order valence-corrected chi connectivity index (χ2v) is 21.5. The van der Waals surface area contributed by atoms with Gasteiger partial charge in [-0.05, 0) is 197 Å². The van der Waals surface area contributed by atoms with Gasteiger partial charge in [-0.25, -0.2) is 0 Å². The van der Waals surface area contributed by atoms with Crippen molar-refractivity contribution < 1.29 is 41.8 Å². The second-order valence-electron chi connectivity index (χ2n) is 21.5. The van der Waals surface area contributed by atoms with Crippen LogP contribution in [-0.4, -0.2) is 36.8 Å². The molecule has 312 valence electrons. The number of rotatable bonds is 11. The first-order valence-electron chi connectivity index (χ1n) is 21.8. The fourth-order valence-corrected chi connectivity index (χ4v) is 14.5. The van der Waals surface area contributed by atoms with E-state index in [1.807, 2.05) is 30.3 Å². The SMILES string of the molecule is CC(COC(=O)C(C)(C)CC(C)(CC(C)(C)C(=O)Oc1ccc2cc3ccccc3cc2c1)C(=O)OC1CC23CCC4C5CCC6(CCC(C1C2)C3C46)C5)C(F)(F)F. The van der Waals surface area contributed by atoms with Crippen molar-refractivity contribution in [3.05, 3.63) is 54.6 Å². The molecule has 6 saturated carbocycles. The lowest BCUT2D eigenvalue weighted by Crippen LogP contribution is -2.54. The van der Waals surface area contributed by atoms with Crippen LogP contribution in [0, 0.1) is 68.5 Å². The van der Waals surface area contributed by atoms with Crippen molar-refractivity contribution in [3.63, 3.8) is 0 Å². The summed E-state index contributed by atoms with van der Waals surface area (Å²) < 4.78 is 58.0. The molecule has 0 N–H and O–H groups in total. The number of esters is 3. The molecule has 4 bridgehead atoms. The number of halogens is 3. The zero-order valence-corrected chi connectivity index (χ0v) is 34.9. The highest BCUT2D eigenvalue weighted by Gasteiger charge is 2.74. The molecule has 0 saturated heterocycles. The summed E-state index contributed by atoms with van der Waals surface area (Å²) >= 11 is 0. The molecule has 3 aromatic rings. The monoisotopic (exact) mass is 800 g/mol. The summed E-state index contributed by atoms with van der Waals surface area (Å²) in [4.78, 5) is 42.5. The van der Waals surface area contributed by atoms with Crippen molar-refractivity contribution in [1.29, 1.82) is 0 Å². The molecule has 6 aliphatic rings. The zero-order valence-electron chi connectivity index (χ0n) is 34.9. The molecular weight excluding hydrogens is 742 g/mol. The number of ether oxygens (including phenoxy) is 3. The Morgan fingerprint density at radius 3 is 2.00 bits per heavy atom. The molecule has 11 unspecified atom stereocenters. The van der Waals surface area contributed by atoms with Crippen molar-refractivity contribution >= 4 is 39.5 Å². The van der Waals surface area contributed by atoms with Crippen LogP contribution in [0.4, 0.5) is 13.2 Å². The van der Waals surface area contributed by atoms with Crippen molar-refractivity contribution in [2.24, 2.45) is 68.5 Å². The van der Waals surface area contributed by atoms with E-state index < -0.39 is 52.9 Å². The molecule has 0 heterocycles. The summed E-state index contributed by atoms with van der Waals surface area (Å²) in [5.41, 5.74) is -3.20. The Labute approximate surface area is 340 Å². The maximum absolute atomic E-state index is 14.9. The van der Waals surface area contributed by atoms with E-state index in [-0.39, 0.29) is 24.4 Å². The topological polar surface area (TPSA) is 78.9 Å². The standard InChI is InChI=1S/C49H59F3O6/c1-28(49(50,51)52)25-56-41(53)44(2,3)26-46(6,27-45(4,5)42(54)57-34-12-11-31-19-29-9-7-8-10-30(29)20-33(31)21-34)43(55)58-38-24-48-18-14-35-32-13-16-47(22-32)17-15-36(37(38)23-48)40(48)39(35)47/h7-12,19-21,28,32,35-40H,13-18,22-27H2,1-6H3. The van der Waals surface area contributed by atoms with Gasteiger partial charge < -0.3 is 14.2 Å². The van der Waals surface area contributed by atoms with E-state index in [1.165, 1.54) is 44.9 Å². The fraction of sp³-hybridized carbons (Fsp3) is 0.653. The number of benzene rings is 3. The number of carbonyl (C=O) groups is 3.